The van der Waals surface area contributed by atoms with Gasteiger partial charge in [-0.2, -0.15) is 5.10 Å². The molecule has 0 aliphatic rings. The minimum atomic E-state index is -0.524. The summed E-state index contributed by atoms with van der Waals surface area (Å²) >= 11 is 0. The van der Waals surface area contributed by atoms with Crippen molar-refractivity contribution in [3.05, 3.63) is 107 Å². The standard InChI is InChI=1S/C31H27N5O4/c1-3-36-31(39)28(34-26-14-6-13-25-24(26)12-7-15-32-25)18-27(35-36)22-10-4-8-20(16-22)21-9-5-11-23(17-21)30(38)33-19-29(37)40-2/h4-18,34H,3,19H2,1-2H3,(H,33,38). The summed E-state index contributed by atoms with van der Waals surface area (Å²) in [5.74, 6) is -0.899. The molecule has 0 saturated heterocycles. The van der Waals surface area contributed by atoms with Gasteiger partial charge in [0.2, 0.25) is 0 Å². The summed E-state index contributed by atoms with van der Waals surface area (Å²) in [7, 11) is 1.27. The van der Waals surface area contributed by atoms with Gasteiger partial charge in [-0.1, -0.05) is 36.4 Å². The van der Waals surface area contributed by atoms with E-state index in [1.165, 1.54) is 11.8 Å². The molecule has 9 nitrogen and oxygen atoms in total. The normalized spacial score (nSPS) is 10.8. The quantitative estimate of drug-likeness (QED) is 0.276. The highest BCUT2D eigenvalue weighted by Gasteiger charge is 2.13. The summed E-state index contributed by atoms with van der Waals surface area (Å²) < 4.78 is 6.01. The Hall–Kier alpha value is -5.31. The van der Waals surface area contributed by atoms with E-state index in [1.54, 1.807) is 30.5 Å². The molecule has 3 aromatic carbocycles. The first-order chi connectivity index (χ1) is 19.5. The van der Waals surface area contributed by atoms with Crippen molar-refractivity contribution >= 4 is 34.2 Å². The Labute approximate surface area is 230 Å². The lowest BCUT2D eigenvalue weighted by atomic mass is 9.99. The molecule has 0 fully saturated rings. The van der Waals surface area contributed by atoms with E-state index in [0.717, 1.165) is 33.3 Å². The number of ether oxygens (including phenoxy) is 1. The first-order valence-corrected chi connectivity index (χ1v) is 12.8. The number of benzene rings is 3. The highest BCUT2D eigenvalue weighted by Crippen LogP contribution is 2.28. The van der Waals surface area contributed by atoms with Crippen LogP contribution in [0.5, 0.6) is 0 Å². The number of nitrogens with zero attached hydrogens (tertiary/aromatic N) is 3. The maximum Gasteiger partial charge on any atom is 0.325 e. The molecule has 0 bridgehead atoms. The van der Waals surface area contributed by atoms with Crippen molar-refractivity contribution in [1.29, 1.82) is 0 Å². The molecule has 0 aliphatic carbocycles. The summed E-state index contributed by atoms with van der Waals surface area (Å²) in [5, 5.41) is 11.4. The third-order valence-electron chi connectivity index (χ3n) is 6.43. The molecule has 40 heavy (non-hydrogen) atoms. The second-order valence-corrected chi connectivity index (χ2v) is 8.99. The molecule has 2 N–H and O–H groups in total. The van der Waals surface area contributed by atoms with Crippen molar-refractivity contribution in [2.75, 3.05) is 19.0 Å². The fourth-order valence-electron chi connectivity index (χ4n) is 4.37. The Morgan fingerprint density at radius 1 is 0.875 bits per heavy atom. The Kier molecular flexibility index (Phi) is 7.63. The van der Waals surface area contributed by atoms with Gasteiger partial charge in [-0.25, -0.2) is 4.68 Å². The molecular weight excluding hydrogens is 506 g/mol. The number of anilines is 2. The Balaban J connectivity index is 1.48. The summed E-state index contributed by atoms with van der Waals surface area (Å²) in [6, 6.07) is 26.1. The number of aryl methyl sites for hydroxylation is 1. The van der Waals surface area contributed by atoms with Crippen LogP contribution in [0.3, 0.4) is 0 Å². The van der Waals surface area contributed by atoms with Crippen LogP contribution < -0.4 is 16.2 Å². The van der Waals surface area contributed by atoms with Gasteiger partial charge in [0.1, 0.15) is 12.2 Å². The zero-order valence-electron chi connectivity index (χ0n) is 22.0. The molecule has 2 aromatic heterocycles. The number of amides is 1. The van der Waals surface area contributed by atoms with Gasteiger partial charge in [-0.3, -0.25) is 19.4 Å². The second kappa shape index (κ2) is 11.6. The molecule has 0 spiro atoms. The zero-order valence-corrected chi connectivity index (χ0v) is 22.0. The fraction of sp³-hybridized carbons (Fsp3) is 0.129. The largest absolute Gasteiger partial charge is 0.468 e. The lowest BCUT2D eigenvalue weighted by Gasteiger charge is -2.13. The first-order valence-electron chi connectivity index (χ1n) is 12.8. The third kappa shape index (κ3) is 5.58. The number of fused-ring (bicyclic) bond motifs is 1. The highest BCUT2D eigenvalue weighted by molar-refractivity contribution is 5.97. The minimum Gasteiger partial charge on any atom is -0.468 e. The van der Waals surface area contributed by atoms with Gasteiger partial charge in [-0.15, -0.1) is 0 Å². The van der Waals surface area contributed by atoms with Crippen molar-refractivity contribution < 1.29 is 14.3 Å². The average molecular weight is 534 g/mol. The van der Waals surface area contributed by atoms with Crippen LogP contribution in [0, 0.1) is 0 Å². The monoisotopic (exact) mass is 533 g/mol. The van der Waals surface area contributed by atoms with Gasteiger partial charge in [0.15, 0.2) is 0 Å². The second-order valence-electron chi connectivity index (χ2n) is 8.99. The summed E-state index contributed by atoms with van der Waals surface area (Å²) in [6.07, 6.45) is 1.73. The molecule has 0 aliphatic heterocycles. The number of carbonyl (C=O) groups excluding carboxylic acids is 2. The van der Waals surface area contributed by atoms with Crippen LogP contribution in [0.1, 0.15) is 17.3 Å². The van der Waals surface area contributed by atoms with E-state index in [0.29, 0.717) is 23.5 Å². The van der Waals surface area contributed by atoms with Crippen LogP contribution in [-0.4, -0.2) is 40.3 Å². The molecule has 0 atom stereocenters. The van der Waals surface area contributed by atoms with E-state index in [2.05, 4.69) is 25.5 Å². The number of aromatic nitrogens is 3. The van der Waals surface area contributed by atoms with Crippen molar-refractivity contribution in [2.24, 2.45) is 0 Å². The van der Waals surface area contributed by atoms with Crippen LogP contribution in [0.2, 0.25) is 0 Å². The molecule has 0 saturated carbocycles. The van der Waals surface area contributed by atoms with E-state index in [-0.39, 0.29) is 18.0 Å². The molecule has 5 rings (SSSR count). The van der Waals surface area contributed by atoms with Crippen molar-refractivity contribution in [2.45, 2.75) is 13.5 Å². The van der Waals surface area contributed by atoms with Crippen LogP contribution in [-0.2, 0) is 16.1 Å². The summed E-state index contributed by atoms with van der Waals surface area (Å²) in [6.45, 7) is 2.07. The van der Waals surface area contributed by atoms with Gasteiger partial charge in [0.25, 0.3) is 11.5 Å². The molecule has 0 unspecified atom stereocenters. The maximum atomic E-state index is 13.2. The van der Waals surface area contributed by atoms with Gasteiger partial charge >= 0.3 is 5.97 Å². The maximum absolute atomic E-state index is 13.2. The van der Waals surface area contributed by atoms with Crippen molar-refractivity contribution in [3.63, 3.8) is 0 Å². The van der Waals surface area contributed by atoms with Crippen LogP contribution in [0.25, 0.3) is 33.3 Å². The number of rotatable bonds is 8. The van der Waals surface area contributed by atoms with Crippen LogP contribution in [0.15, 0.2) is 95.9 Å². The number of nitrogens with one attached hydrogen (secondary N) is 2. The van der Waals surface area contributed by atoms with E-state index in [4.69, 9.17) is 0 Å². The SMILES string of the molecule is CCn1nc(-c2cccc(-c3cccc(C(=O)NCC(=O)OC)c3)c2)cc(Nc2cccc3ncccc23)c1=O. The third-order valence-corrected chi connectivity index (χ3v) is 6.43. The van der Waals surface area contributed by atoms with Crippen molar-refractivity contribution in [3.8, 4) is 22.4 Å². The Morgan fingerprint density at radius 2 is 1.62 bits per heavy atom. The minimum absolute atomic E-state index is 0.209. The molecule has 0 radical (unpaired) electrons. The predicted octanol–water partition coefficient (Wildman–Crippen LogP) is 4.79. The number of hydrogen-bond donors (Lipinski definition) is 2. The number of pyridine rings is 1. The lowest BCUT2D eigenvalue weighted by Crippen LogP contribution is -2.30. The van der Waals surface area contributed by atoms with E-state index in [9.17, 15) is 14.4 Å². The zero-order chi connectivity index (χ0) is 28.1. The Bertz CT molecular complexity index is 1770. The van der Waals surface area contributed by atoms with Crippen LogP contribution in [0.4, 0.5) is 11.4 Å². The van der Waals surface area contributed by atoms with E-state index >= 15 is 0 Å². The summed E-state index contributed by atoms with van der Waals surface area (Å²) in [5.41, 5.74) is 5.31. The van der Waals surface area contributed by atoms with Gasteiger partial charge in [-0.05, 0) is 66.6 Å². The fourth-order valence-corrected chi connectivity index (χ4v) is 4.37. The van der Waals surface area contributed by atoms with E-state index < -0.39 is 5.97 Å². The molecular formula is C31H27N5O4. The number of esters is 1. The topological polar surface area (TPSA) is 115 Å². The average Bonchev–Trinajstić information content (AvgIpc) is 3.01. The predicted molar refractivity (Wildman–Crippen MR) is 154 cm³/mol. The highest BCUT2D eigenvalue weighted by atomic mass is 16.5. The van der Waals surface area contributed by atoms with Crippen LogP contribution >= 0.6 is 0 Å². The molecule has 200 valence electrons. The van der Waals surface area contributed by atoms with Crippen molar-refractivity contribution in [1.82, 2.24) is 20.1 Å². The summed E-state index contributed by atoms with van der Waals surface area (Å²) in [4.78, 5) is 41.5. The first kappa shape index (κ1) is 26.3. The number of methoxy groups -OCH3 is 1. The molecule has 9 heteroatoms. The molecule has 2 heterocycles. The van der Waals surface area contributed by atoms with Gasteiger partial charge in [0, 0.05) is 34.9 Å². The van der Waals surface area contributed by atoms with Gasteiger partial charge in [0.05, 0.1) is 18.3 Å². The lowest BCUT2D eigenvalue weighted by molar-refractivity contribution is -0.139. The van der Waals surface area contributed by atoms with Gasteiger partial charge < -0.3 is 15.4 Å². The molecule has 1 amide bonds. The number of hydrogen-bond acceptors (Lipinski definition) is 7. The number of carbonyl (C=O) groups is 2. The smallest absolute Gasteiger partial charge is 0.325 e. The Morgan fingerprint density at radius 3 is 2.42 bits per heavy atom. The van der Waals surface area contributed by atoms with E-state index in [1.807, 2.05) is 67.6 Å². The molecule has 5 aromatic rings.